The van der Waals surface area contributed by atoms with E-state index in [9.17, 15) is 0 Å². The Morgan fingerprint density at radius 2 is 2.32 bits per heavy atom. The summed E-state index contributed by atoms with van der Waals surface area (Å²) in [7, 11) is 0. The van der Waals surface area contributed by atoms with Crippen LogP contribution in [0.25, 0.3) is 4.96 Å². The van der Waals surface area contributed by atoms with Gasteiger partial charge in [-0.2, -0.15) is 0 Å². The van der Waals surface area contributed by atoms with Gasteiger partial charge in [0.2, 0.25) is 0 Å². The molecule has 3 aromatic heterocycles. The summed E-state index contributed by atoms with van der Waals surface area (Å²) < 4.78 is 4.21. The molecule has 0 spiro atoms. The molecular weight excluding hydrogens is 258 g/mol. The maximum atomic E-state index is 4.60. The largest absolute Gasteiger partial charge is 0.328 e. The van der Waals surface area contributed by atoms with Crippen molar-refractivity contribution >= 4 is 16.3 Å². The highest BCUT2D eigenvalue weighted by Crippen LogP contribution is 2.12. The van der Waals surface area contributed by atoms with E-state index in [2.05, 4.69) is 37.4 Å². The van der Waals surface area contributed by atoms with E-state index in [1.807, 2.05) is 24.0 Å². The van der Waals surface area contributed by atoms with Crippen molar-refractivity contribution in [2.75, 3.05) is 6.54 Å². The van der Waals surface area contributed by atoms with Crippen LogP contribution in [0.3, 0.4) is 0 Å². The van der Waals surface area contributed by atoms with E-state index in [0.29, 0.717) is 0 Å². The average molecular weight is 275 g/mol. The molecule has 0 aromatic carbocycles. The SMILES string of the molecule is CCCNCc1nccn1Cc1cn2ccsc2n1. The summed E-state index contributed by atoms with van der Waals surface area (Å²) in [5.41, 5.74) is 1.07. The first kappa shape index (κ1) is 12.4. The standard InChI is InChI=1S/C13H17N5S/c1-2-3-14-8-12-15-4-5-17(12)9-11-10-18-6-7-19-13(18)16-11/h4-7,10,14H,2-3,8-9H2,1H3. The number of fused-ring (bicyclic) bond motifs is 1. The quantitative estimate of drug-likeness (QED) is 0.701. The van der Waals surface area contributed by atoms with E-state index in [4.69, 9.17) is 0 Å². The Hall–Kier alpha value is -1.66. The van der Waals surface area contributed by atoms with Gasteiger partial charge < -0.3 is 9.88 Å². The predicted molar refractivity (Wildman–Crippen MR) is 76.4 cm³/mol. The maximum Gasteiger partial charge on any atom is 0.193 e. The first-order chi connectivity index (χ1) is 9.36. The Balaban J connectivity index is 1.72. The van der Waals surface area contributed by atoms with Gasteiger partial charge >= 0.3 is 0 Å². The summed E-state index contributed by atoms with van der Waals surface area (Å²) in [5.74, 6) is 1.06. The van der Waals surface area contributed by atoms with Crippen molar-refractivity contribution < 1.29 is 0 Å². The number of imidazole rings is 2. The van der Waals surface area contributed by atoms with Crippen LogP contribution in [0, 0.1) is 0 Å². The van der Waals surface area contributed by atoms with Crippen LogP contribution in [0.15, 0.2) is 30.2 Å². The Morgan fingerprint density at radius 3 is 3.16 bits per heavy atom. The molecule has 0 saturated heterocycles. The lowest BCUT2D eigenvalue weighted by Crippen LogP contribution is -2.18. The summed E-state index contributed by atoms with van der Waals surface area (Å²) in [6, 6.07) is 0. The minimum atomic E-state index is 0.775. The molecule has 0 unspecified atom stereocenters. The number of hydrogen-bond acceptors (Lipinski definition) is 4. The second-order valence-electron chi connectivity index (χ2n) is 4.47. The molecule has 100 valence electrons. The Kier molecular flexibility index (Phi) is 3.61. The zero-order valence-electron chi connectivity index (χ0n) is 10.9. The van der Waals surface area contributed by atoms with Crippen molar-refractivity contribution in [3.05, 3.63) is 41.7 Å². The molecule has 3 aromatic rings. The van der Waals surface area contributed by atoms with E-state index >= 15 is 0 Å². The van der Waals surface area contributed by atoms with Gasteiger partial charge in [0.15, 0.2) is 4.96 Å². The fourth-order valence-electron chi connectivity index (χ4n) is 2.05. The van der Waals surface area contributed by atoms with E-state index in [0.717, 1.165) is 42.5 Å². The number of thiazole rings is 1. The zero-order valence-corrected chi connectivity index (χ0v) is 11.7. The first-order valence-electron chi connectivity index (χ1n) is 6.48. The van der Waals surface area contributed by atoms with Crippen molar-refractivity contribution in [2.24, 2.45) is 0 Å². The van der Waals surface area contributed by atoms with E-state index in [-0.39, 0.29) is 0 Å². The normalized spacial score (nSPS) is 11.4. The van der Waals surface area contributed by atoms with Gasteiger partial charge in [0.05, 0.1) is 18.8 Å². The molecule has 6 heteroatoms. The summed E-state index contributed by atoms with van der Waals surface area (Å²) in [4.78, 5) is 10.0. The highest BCUT2D eigenvalue weighted by atomic mass is 32.1. The summed E-state index contributed by atoms with van der Waals surface area (Å²) in [6.07, 6.45) is 9.11. The summed E-state index contributed by atoms with van der Waals surface area (Å²) in [6.45, 7) is 4.77. The van der Waals surface area contributed by atoms with Gasteiger partial charge in [-0.3, -0.25) is 4.40 Å². The first-order valence-corrected chi connectivity index (χ1v) is 7.36. The van der Waals surface area contributed by atoms with Crippen molar-refractivity contribution in [3.63, 3.8) is 0 Å². The lowest BCUT2D eigenvalue weighted by atomic mass is 10.4. The highest BCUT2D eigenvalue weighted by Gasteiger charge is 2.06. The molecule has 0 aliphatic rings. The molecule has 3 heterocycles. The molecular formula is C13H17N5S. The van der Waals surface area contributed by atoms with Crippen molar-refractivity contribution in [2.45, 2.75) is 26.4 Å². The maximum absolute atomic E-state index is 4.60. The topological polar surface area (TPSA) is 47.2 Å². The molecule has 0 amide bonds. The van der Waals surface area contributed by atoms with Gasteiger partial charge in [-0.15, -0.1) is 11.3 Å². The number of hydrogen-bond donors (Lipinski definition) is 1. The third-order valence-corrected chi connectivity index (χ3v) is 3.76. The van der Waals surface area contributed by atoms with Gasteiger partial charge in [-0.1, -0.05) is 6.92 Å². The van der Waals surface area contributed by atoms with E-state index in [1.54, 1.807) is 11.3 Å². The van der Waals surface area contributed by atoms with Gasteiger partial charge in [0.1, 0.15) is 5.82 Å². The molecule has 5 nitrogen and oxygen atoms in total. The number of nitrogens with zero attached hydrogens (tertiary/aromatic N) is 4. The van der Waals surface area contributed by atoms with Crippen molar-refractivity contribution in [1.29, 1.82) is 0 Å². The fraction of sp³-hybridized carbons (Fsp3) is 0.385. The lowest BCUT2D eigenvalue weighted by Gasteiger charge is -2.06. The van der Waals surface area contributed by atoms with Gasteiger partial charge in [-0.05, 0) is 13.0 Å². The molecule has 0 saturated carbocycles. The lowest BCUT2D eigenvalue weighted by molar-refractivity contribution is 0.613. The van der Waals surface area contributed by atoms with Gasteiger partial charge in [0, 0.05) is 30.2 Å². The molecule has 0 aliphatic carbocycles. The van der Waals surface area contributed by atoms with Crippen LogP contribution in [0.4, 0.5) is 0 Å². The molecule has 0 fully saturated rings. The number of aromatic nitrogens is 4. The molecule has 1 N–H and O–H groups in total. The Morgan fingerprint density at radius 1 is 1.37 bits per heavy atom. The third-order valence-electron chi connectivity index (χ3n) is 2.99. The van der Waals surface area contributed by atoms with Crippen LogP contribution in [0.2, 0.25) is 0 Å². The van der Waals surface area contributed by atoms with Gasteiger partial charge in [-0.25, -0.2) is 9.97 Å². The molecule has 0 atom stereocenters. The van der Waals surface area contributed by atoms with Crippen LogP contribution in [0.5, 0.6) is 0 Å². The monoisotopic (exact) mass is 275 g/mol. The molecule has 3 rings (SSSR count). The van der Waals surface area contributed by atoms with Crippen LogP contribution in [0.1, 0.15) is 24.9 Å². The second kappa shape index (κ2) is 5.54. The smallest absolute Gasteiger partial charge is 0.193 e. The average Bonchev–Trinajstić information content (AvgIpc) is 3.06. The van der Waals surface area contributed by atoms with Crippen LogP contribution >= 0.6 is 11.3 Å². The van der Waals surface area contributed by atoms with Crippen molar-refractivity contribution in [1.82, 2.24) is 24.3 Å². The highest BCUT2D eigenvalue weighted by molar-refractivity contribution is 7.15. The van der Waals surface area contributed by atoms with E-state index in [1.165, 1.54) is 0 Å². The van der Waals surface area contributed by atoms with E-state index < -0.39 is 0 Å². The Bertz CT molecular complexity index is 622. The number of nitrogens with one attached hydrogen (secondary N) is 1. The van der Waals surface area contributed by atoms with Crippen molar-refractivity contribution in [3.8, 4) is 0 Å². The molecule has 0 bridgehead atoms. The number of rotatable bonds is 6. The fourth-order valence-corrected chi connectivity index (χ4v) is 2.77. The van der Waals surface area contributed by atoms with Gasteiger partial charge in [0.25, 0.3) is 0 Å². The molecule has 19 heavy (non-hydrogen) atoms. The molecule has 0 radical (unpaired) electrons. The van der Waals surface area contributed by atoms with Crippen LogP contribution in [-0.2, 0) is 13.1 Å². The third kappa shape index (κ3) is 2.69. The second-order valence-corrected chi connectivity index (χ2v) is 5.35. The Labute approximate surface area is 115 Å². The summed E-state index contributed by atoms with van der Waals surface area (Å²) >= 11 is 1.66. The van der Waals surface area contributed by atoms with Crippen LogP contribution in [-0.4, -0.2) is 25.5 Å². The summed E-state index contributed by atoms with van der Waals surface area (Å²) in [5, 5.41) is 5.42. The molecule has 0 aliphatic heterocycles. The minimum Gasteiger partial charge on any atom is -0.328 e. The van der Waals surface area contributed by atoms with Crippen LogP contribution < -0.4 is 5.32 Å². The zero-order chi connectivity index (χ0) is 13.1. The minimum absolute atomic E-state index is 0.775. The predicted octanol–water partition coefficient (Wildman–Crippen LogP) is 2.14.